The number of benzene rings is 2. The third-order valence-corrected chi connectivity index (χ3v) is 2.54. The molecule has 0 fully saturated rings. The second-order valence-electron chi connectivity index (χ2n) is 3.98. The number of hydrogen-bond acceptors (Lipinski definition) is 3. The summed E-state index contributed by atoms with van der Waals surface area (Å²) in [6.45, 7) is 4.94. The van der Waals surface area contributed by atoms with Gasteiger partial charge < -0.3 is 4.74 Å². The van der Waals surface area contributed by atoms with Crippen LogP contribution in [0, 0.1) is 0 Å². The Hall–Kier alpha value is -2.42. The molecule has 0 aliphatic carbocycles. The average Bonchev–Trinajstić information content (AvgIpc) is 2.37. The van der Waals surface area contributed by atoms with Gasteiger partial charge in [0.2, 0.25) is 0 Å². The van der Waals surface area contributed by atoms with Gasteiger partial charge in [-0.2, -0.15) is 0 Å². The average molecular weight is 240 g/mol. The zero-order valence-corrected chi connectivity index (χ0v) is 9.97. The van der Waals surface area contributed by atoms with Gasteiger partial charge in [0.25, 0.3) is 0 Å². The zero-order chi connectivity index (χ0) is 13.1. The number of carbonyl (C=O) groups is 2. The van der Waals surface area contributed by atoms with E-state index >= 15 is 0 Å². The summed E-state index contributed by atoms with van der Waals surface area (Å²) in [7, 11) is 0. The van der Waals surface area contributed by atoms with Gasteiger partial charge in [0.05, 0.1) is 5.56 Å². The van der Waals surface area contributed by atoms with Crippen molar-refractivity contribution in [1.82, 2.24) is 0 Å². The van der Waals surface area contributed by atoms with Crippen LogP contribution in [0.15, 0.2) is 54.6 Å². The number of esters is 2. The minimum atomic E-state index is -0.701. The van der Waals surface area contributed by atoms with E-state index in [0.717, 1.165) is 10.8 Å². The molecule has 3 nitrogen and oxygen atoms in total. The van der Waals surface area contributed by atoms with E-state index in [9.17, 15) is 9.59 Å². The Kier molecular flexibility index (Phi) is 3.24. The first-order chi connectivity index (χ1) is 8.59. The Morgan fingerprint density at radius 1 is 1.06 bits per heavy atom. The van der Waals surface area contributed by atoms with E-state index in [2.05, 4.69) is 6.58 Å². The zero-order valence-electron chi connectivity index (χ0n) is 9.97. The standard InChI is InChI=1S/C15H12O3/c1-10(2)14(16)18-15(17)13-9-5-7-11-6-3-4-8-12(11)13/h3-9H,1H2,2H3. The predicted octanol–water partition coefficient (Wildman–Crippen LogP) is 3.10. The van der Waals surface area contributed by atoms with Crippen molar-refractivity contribution in [1.29, 1.82) is 0 Å². The number of rotatable bonds is 2. The van der Waals surface area contributed by atoms with E-state index in [-0.39, 0.29) is 5.57 Å². The summed E-state index contributed by atoms with van der Waals surface area (Å²) in [5.74, 6) is -1.35. The smallest absolute Gasteiger partial charge is 0.346 e. The fourth-order valence-electron chi connectivity index (χ4n) is 1.63. The van der Waals surface area contributed by atoms with Crippen molar-refractivity contribution in [3.63, 3.8) is 0 Å². The summed E-state index contributed by atoms with van der Waals surface area (Å²) in [6, 6.07) is 12.7. The molecule has 0 unspecified atom stereocenters. The van der Waals surface area contributed by atoms with Gasteiger partial charge in [0.1, 0.15) is 0 Å². The van der Waals surface area contributed by atoms with E-state index in [0.29, 0.717) is 5.56 Å². The van der Waals surface area contributed by atoms with E-state index in [1.54, 1.807) is 12.1 Å². The highest BCUT2D eigenvalue weighted by Crippen LogP contribution is 2.19. The number of ether oxygens (including phenoxy) is 1. The maximum atomic E-state index is 11.9. The number of carbonyl (C=O) groups excluding carboxylic acids is 2. The molecule has 18 heavy (non-hydrogen) atoms. The van der Waals surface area contributed by atoms with Gasteiger partial charge in [0.15, 0.2) is 0 Å². The SMILES string of the molecule is C=C(C)C(=O)OC(=O)c1cccc2ccccc12. The molecular weight excluding hydrogens is 228 g/mol. The Bertz CT molecular complexity index is 636. The highest BCUT2D eigenvalue weighted by molar-refractivity contribution is 6.09. The summed E-state index contributed by atoms with van der Waals surface area (Å²) in [4.78, 5) is 23.2. The van der Waals surface area contributed by atoms with Crippen LogP contribution in [0.25, 0.3) is 10.8 Å². The van der Waals surface area contributed by atoms with Crippen molar-refractivity contribution < 1.29 is 14.3 Å². The highest BCUT2D eigenvalue weighted by atomic mass is 16.6. The second kappa shape index (κ2) is 4.84. The molecule has 3 heteroatoms. The van der Waals surface area contributed by atoms with Crippen LogP contribution in [0.2, 0.25) is 0 Å². The first-order valence-electron chi connectivity index (χ1n) is 5.49. The molecule has 2 aromatic carbocycles. The predicted molar refractivity (Wildman–Crippen MR) is 69.2 cm³/mol. The maximum Gasteiger partial charge on any atom is 0.346 e. The monoisotopic (exact) mass is 240 g/mol. The molecule has 90 valence electrons. The molecule has 0 atom stereocenters. The maximum absolute atomic E-state index is 11.9. The van der Waals surface area contributed by atoms with Crippen LogP contribution in [0.1, 0.15) is 17.3 Å². The van der Waals surface area contributed by atoms with Crippen LogP contribution in [-0.2, 0) is 9.53 Å². The number of hydrogen-bond donors (Lipinski definition) is 0. The minimum Gasteiger partial charge on any atom is -0.386 e. The van der Waals surface area contributed by atoms with Crippen LogP contribution in [0.5, 0.6) is 0 Å². The van der Waals surface area contributed by atoms with E-state index in [4.69, 9.17) is 4.74 Å². The van der Waals surface area contributed by atoms with Crippen molar-refractivity contribution in [2.45, 2.75) is 6.92 Å². The Morgan fingerprint density at radius 2 is 1.72 bits per heavy atom. The van der Waals surface area contributed by atoms with Crippen LogP contribution in [0.3, 0.4) is 0 Å². The lowest BCUT2D eigenvalue weighted by Gasteiger charge is -2.05. The fourth-order valence-corrected chi connectivity index (χ4v) is 1.63. The molecule has 0 aliphatic heterocycles. The van der Waals surface area contributed by atoms with Gasteiger partial charge in [-0.05, 0) is 23.8 Å². The van der Waals surface area contributed by atoms with Crippen LogP contribution in [0.4, 0.5) is 0 Å². The molecule has 0 radical (unpaired) electrons. The first-order valence-corrected chi connectivity index (χ1v) is 5.49. The fraction of sp³-hybridized carbons (Fsp3) is 0.0667. The largest absolute Gasteiger partial charge is 0.386 e. The normalized spacial score (nSPS) is 10.1. The summed E-state index contributed by atoms with van der Waals surface area (Å²) in [5, 5.41) is 1.69. The van der Waals surface area contributed by atoms with Crippen LogP contribution < -0.4 is 0 Å². The third kappa shape index (κ3) is 2.30. The molecule has 0 N–H and O–H groups in total. The summed E-state index contributed by atoms with van der Waals surface area (Å²) in [6.07, 6.45) is 0. The van der Waals surface area contributed by atoms with Crippen molar-refractivity contribution >= 4 is 22.7 Å². The summed E-state index contributed by atoms with van der Waals surface area (Å²) in [5.41, 5.74) is 0.575. The van der Waals surface area contributed by atoms with Gasteiger partial charge in [-0.1, -0.05) is 43.0 Å². The Morgan fingerprint density at radius 3 is 2.44 bits per heavy atom. The van der Waals surface area contributed by atoms with Gasteiger partial charge in [-0.25, -0.2) is 9.59 Å². The molecule has 0 bridgehead atoms. The molecule has 0 amide bonds. The molecule has 0 aromatic heterocycles. The van der Waals surface area contributed by atoms with Crippen LogP contribution in [-0.4, -0.2) is 11.9 Å². The first kappa shape index (κ1) is 12.0. The lowest BCUT2D eigenvalue weighted by molar-refractivity contribution is -0.133. The molecule has 2 rings (SSSR count). The van der Waals surface area contributed by atoms with Gasteiger partial charge in [-0.15, -0.1) is 0 Å². The minimum absolute atomic E-state index is 0.198. The van der Waals surface area contributed by atoms with E-state index in [1.165, 1.54) is 6.92 Å². The summed E-state index contributed by atoms with van der Waals surface area (Å²) < 4.78 is 4.73. The van der Waals surface area contributed by atoms with E-state index < -0.39 is 11.9 Å². The van der Waals surface area contributed by atoms with Gasteiger partial charge in [-0.3, -0.25) is 0 Å². The molecular formula is C15H12O3. The van der Waals surface area contributed by atoms with Crippen LogP contribution >= 0.6 is 0 Å². The Labute approximate surface area is 105 Å². The molecule has 0 aliphatic rings. The van der Waals surface area contributed by atoms with Gasteiger partial charge in [0, 0.05) is 5.57 Å². The second-order valence-corrected chi connectivity index (χ2v) is 3.98. The highest BCUT2D eigenvalue weighted by Gasteiger charge is 2.15. The lowest BCUT2D eigenvalue weighted by atomic mass is 10.0. The van der Waals surface area contributed by atoms with Crippen molar-refractivity contribution in [2.75, 3.05) is 0 Å². The van der Waals surface area contributed by atoms with Crippen molar-refractivity contribution in [3.8, 4) is 0 Å². The quantitative estimate of drug-likeness (QED) is 0.460. The molecule has 0 heterocycles. The molecule has 0 saturated heterocycles. The Balaban J connectivity index is 2.39. The van der Waals surface area contributed by atoms with E-state index in [1.807, 2.05) is 30.3 Å². The lowest BCUT2D eigenvalue weighted by Crippen LogP contribution is -2.13. The number of fused-ring (bicyclic) bond motifs is 1. The van der Waals surface area contributed by atoms with Crippen molar-refractivity contribution in [3.05, 3.63) is 60.2 Å². The molecule has 2 aromatic rings. The summed E-state index contributed by atoms with van der Waals surface area (Å²) >= 11 is 0. The molecule has 0 saturated carbocycles. The van der Waals surface area contributed by atoms with Crippen molar-refractivity contribution in [2.24, 2.45) is 0 Å². The topological polar surface area (TPSA) is 43.4 Å². The third-order valence-electron chi connectivity index (χ3n) is 2.54. The van der Waals surface area contributed by atoms with Gasteiger partial charge >= 0.3 is 11.9 Å². The molecule has 0 spiro atoms.